The summed E-state index contributed by atoms with van der Waals surface area (Å²) in [6, 6.07) is 9.27. The maximum atomic E-state index is 13.6. The van der Waals surface area contributed by atoms with Crippen molar-refractivity contribution in [1.82, 2.24) is 19.6 Å². The molecule has 2 heterocycles. The number of aromatic nitrogens is 4. The fraction of sp³-hybridized carbons (Fsp3) is 0.125. The second-order valence-electron chi connectivity index (χ2n) is 5.24. The number of nitrogens with zero attached hydrogens (tertiary/aromatic N) is 4. The van der Waals surface area contributed by atoms with Crippen LogP contribution in [0, 0.1) is 5.82 Å². The Bertz CT molecular complexity index is 918. The summed E-state index contributed by atoms with van der Waals surface area (Å²) in [4.78, 5) is 22.7. The maximum Gasteiger partial charge on any atom is 0.356 e. The minimum Gasteiger partial charge on any atom is -0.476 e. The molecule has 0 spiro atoms. The van der Waals surface area contributed by atoms with Gasteiger partial charge in [-0.05, 0) is 12.1 Å². The zero-order valence-electron chi connectivity index (χ0n) is 13.0. The van der Waals surface area contributed by atoms with Crippen LogP contribution in [0.5, 0.6) is 0 Å². The highest BCUT2D eigenvalue weighted by Crippen LogP contribution is 2.10. The van der Waals surface area contributed by atoms with Crippen LogP contribution in [-0.2, 0) is 17.9 Å². The molecule has 1 amide bonds. The van der Waals surface area contributed by atoms with Crippen LogP contribution in [0.25, 0.3) is 0 Å². The van der Waals surface area contributed by atoms with Gasteiger partial charge in [0.15, 0.2) is 11.5 Å². The highest BCUT2D eigenvalue weighted by Gasteiger charge is 2.11. The Labute approximate surface area is 141 Å². The molecule has 8 nitrogen and oxygen atoms in total. The van der Waals surface area contributed by atoms with E-state index in [1.54, 1.807) is 30.5 Å². The summed E-state index contributed by atoms with van der Waals surface area (Å²) in [7, 11) is 0. The summed E-state index contributed by atoms with van der Waals surface area (Å²) >= 11 is 0. The Balaban J connectivity index is 1.59. The van der Waals surface area contributed by atoms with Crippen molar-refractivity contribution in [2.75, 3.05) is 5.32 Å². The zero-order chi connectivity index (χ0) is 17.8. The molecule has 3 aromatic rings. The van der Waals surface area contributed by atoms with Gasteiger partial charge in [-0.2, -0.15) is 10.2 Å². The van der Waals surface area contributed by atoms with Crippen molar-refractivity contribution in [3.8, 4) is 0 Å². The fourth-order valence-corrected chi connectivity index (χ4v) is 2.21. The van der Waals surface area contributed by atoms with Gasteiger partial charge in [-0.1, -0.05) is 18.2 Å². The molecular formula is C16H14FN5O3. The molecule has 0 radical (unpaired) electrons. The van der Waals surface area contributed by atoms with Crippen molar-refractivity contribution in [2.24, 2.45) is 0 Å². The predicted octanol–water partition coefficient (Wildman–Crippen LogP) is 1.60. The van der Waals surface area contributed by atoms with E-state index in [0.717, 1.165) is 0 Å². The average Bonchev–Trinajstić information content (AvgIpc) is 3.19. The molecule has 2 aromatic heterocycles. The molecular weight excluding hydrogens is 329 g/mol. The lowest BCUT2D eigenvalue weighted by molar-refractivity contribution is -0.116. The fourth-order valence-electron chi connectivity index (χ4n) is 2.21. The van der Waals surface area contributed by atoms with Gasteiger partial charge in [-0.25, -0.2) is 9.18 Å². The third-order valence-electron chi connectivity index (χ3n) is 3.36. The maximum absolute atomic E-state index is 13.6. The SMILES string of the molecule is O=C(Cn1ccc(C(=O)O)n1)Nc1ccn(Cc2ccccc2F)n1. The third kappa shape index (κ3) is 4.08. The number of carboxylic acids is 1. The summed E-state index contributed by atoms with van der Waals surface area (Å²) in [5.74, 6) is -1.58. The summed E-state index contributed by atoms with van der Waals surface area (Å²) in [6.45, 7) is 0.0944. The number of amides is 1. The van der Waals surface area contributed by atoms with E-state index in [9.17, 15) is 14.0 Å². The van der Waals surface area contributed by atoms with Gasteiger partial charge >= 0.3 is 5.97 Å². The van der Waals surface area contributed by atoms with E-state index in [1.165, 1.54) is 27.7 Å². The second-order valence-corrected chi connectivity index (χ2v) is 5.24. The minimum absolute atomic E-state index is 0.137. The normalized spacial score (nSPS) is 10.6. The van der Waals surface area contributed by atoms with Crippen LogP contribution < -0.4 is 5.32 Å². The molecule has 128 valence electrons. The number of anilines is 1. The van der Waals surface area contributed by atoms with Gasteiger partial charge in [0, 0.05) is 24.0 Å². The van der Waals surface area contributed by atoms with Crippen molar-refractivity contribution in [3.63, 3.8) is 0 Å². The first kappa shape index (κ1) is 16.4. The second kappa shape index (κ2) is 6.95. The average molecular weight is 343 g/mol. The molecule has 0 saturated carbocycles. The number of halogens is 1. The Hall–Kier alpha value is -3.49. The number of rotatable bonds is 6. The Morgan fingerprint density at radius 1 is 1.08 bits per heavy atom. The summed E-state index contributed by atoms with van der Waals surface area (Å²) in [6.07, 6.45) is 3.03. The van der Waals surface area contributed by atoms with Crippen molar-refractivity contribution >= 4 is 17.7 Å². The first-order valence-corrected chi connectivity index (χ1v) is 7.35. The number of aromatic carboxylic acids is 1. The molecule has 3 rings (SSSR count). The van der Waals surface area contributed by atoms with E-state index in [4.69, 9.17) is 5.11 Å². The van der Waals surface area contributed by atoms with E-state index in [2.05, 4.69) is 15.5 Å². The first-order chi connectivity index (χ1) is 12.0. The first-order valence-electron chi connectivity index (χ1n) is 7.35. The molecule has 1 aromatic carbocycles. The van der Waals surface area contributed by atoms with Gasteiger partial charge in [-0.3, -0.25) is 14.2 Å². The minimum atomic E-state index is -1.16. The van der Waals surface area contributed by atoms with Crippen LogP contribution >= 0.6 is 0 Å². The summed E-state index contributed by atoms with van der Waals surface area (Å²) in [5, 5.41) is 19.3. The number of hydrogen-bond donors (Lipinski definition) is 2. The van der Waals surface area contributed by atoms with Gasteiger partial charge in [0.1, 0.15) is 12.4 Å². The van der Waals surface area contributed by atoms with Crippen molar-refractivity contribution in [1.29, 1.82) is 0 Å². The number of carboxylic acid groups (broad SMARTS) is 1. The molecule has 0 aliphatic rings. The highest BCUT2D eigenvalue weighted by atomic mass is 19.1. The summed E-state index contributed by atoms with van der Waals surface area (Å²) in [5.41, 5.74) is 0.350. The highest BCUT2D eigenvalue weighted by molar-refractivity contribution is 5.89. The number of nitrogens with one attached hydrogen (secondary N) is 1. The lowest BCUT2D eigenvalue weighted by Gasteiger charge is -2.04. The predicted molar refractivity (Wildman–Crippen MR) is 85.5 cm³/mol. The topological polar surface area (TPSA) is 102 Å². The lowest BCUT2D eigenvalue weighted by atomic mass is 10.2. The molecule has 0 atom stereocenters. The van der Waals surface area contributed by atoms with Crippen LogP contribution in [0.3, 0.4) is 0 Å². The third-order valence-corrected chi connectivity index (χ3v) is 3.36. The van der Waals surface area contributed by atoms with Gasteiger partial charge in [-0.15, -0.1) is 0 Å². The monoisotopic (exact) mass is 343 g/mol. The van der Waals surface area contributed by atoms with Crippen molar-refractivity contribution < 1.29 is 19.1 Å². The van der Waals surface area contributed by atoms with Crippen LogP contribution in [0.1, 0.15) is 16.1 Å². The van der Waals surface area contributed by atoms with E-state index in [0.29, 0.717) is 11.4 Å². The largest absolute Gasteiger partial charge is 0.476 e. The molecule has 25 heavy (non-hydrogen) atoms. The van der Waals surface area contributed by atoms with E-state index >= 15 is 0 Å². The molecule has 0 bridgehead atoms. The van der Waals surface area contributed by atoms with Crippen LogP contribution in [0.15, 0.2) is 48.8 Å². The van der Waals surface area contributed by atoms with E-state index < -0.39 is 11.9 Å². The van der Waals surface area contributed by atoms with Gasteiger partial charge in [0.25, 0.3) is 0 Å². The van der Waals surface area contributed by atoms with Gasteiger partial charge < -0.3 is 10.4 Å². The molecule has 0 unspecified atom stereocenters. The van der Waals surface area contributed by atoms with Crippen LogP contribution in [0.4, 0.5) is 10.2 Å². The van der Waals surface area contributed by atoms with Crippen LogP contribution in [0.2, 0.25) is 0 Å². The van der Waals surface area contributed by atoms with Crippen molar-refractivity contribution in [3.05, 3.63) is 65.9 Å². The lowest BCUT2D eigenvalue weighted by Crippen LogP contribution is -2.20. The van der Waals surface area contributed by atoms with Crippen molar-refractivity contribution in [2.45, 2.75) is 13.1 Å². The molecule has 9 heteroatoms. The molecule has 2 N–H and O–H groups in total. The number of benzene rings is 1. The standard InChI is InChI=1S/C16H14FN5O3/c17-12-4-2-1-3-11(12)9-21-8-6-14(20-21)18-15(23)10-22-7-5-13(19-22)16(24)25/h1-8H,9-10H2,(H,24,25)(H,18,20,23). The Morgan fingerprint density at radius 3 is 2.56 bits per heavy atom. The Morgan fingerprint density at radius 2 is 1.84 bits per heavy atom. The molecule has 0 fully saturated rings. The number of hydrogen-bond acceptors (Lipinski definition) is 4. The van der Waals surface area contributed by atoms with E-state index in [1.807, 2.05) is 0 Å². The Kier molecular flexibility index (Phi) is 4.55. The number of carbonyl (C=O) groups excluding carboxylic acids is 1. The zero-order valence-corrected chi connectivity index (χ0v) is 13.0. The quantitative estimate of drug-likeness (QED) is 0.708. The summed E-state index contributed by atoms with van der Waals surface area (Å²) < 4.78 is 16.4. The smallest absolute Gasteiger partial charge is 0.356 e. The molecule has 0 aliphatic carbocycles. The van der Waals surface area contributed by atoms with Gasteiger partial charge in [0.05, 0.1) is 6.54 Å². The number of carbonyl (C=O) groups is 2. The molecule has 0 saturated heterocycles. The van der Waals surface area contributed by atoms with E-state index in [-0.39, 0.29) is 24.6 Å². The van der Waals surface area contributed by atoms with Gasteiger partial charge in [0.2, 0.25) is 5.91 Å². The van der Waals surface area contributed by atoms with Crippen LogP contribution in [-0.4, -0.2) is 36.5 Å². The molecule has 0 aliphatic heterocycles.